The van der Waals surface area contributed by atoms with Crippen LogP contribution in [0, 0.1) is 11.8 Å². The van der Waals surface area contributed by atoms with Gasteiger partial charge in [0.2, 0.25) is 11.8 Å². The van der Waals surface area contributed by atoms with Crippen molar-refractivity contribution in [2.75, 3.05) is 26.2 Å². The first-order valence-electron chi connectivity index (χ1n) is 10.8. The third-order valence-electron chi connectivity index (χ3n) is 6.34. The molecule has 2 atom stereocenters. The zero-order chi connectivity index (χ0) is 19.9. The van der Waals surface area contributed by atoms with Crippen molar-refractivity contribution in [3.8, 4) is 0 Å². The molecule has 0 unspecified atom stereocenters. The predicted molar refractivity (Wildman–Crippen MR) is 109 cm³/mol. The molecular formula is C22H34N4O2. The van der Waals surface area contributed by atoms with Crippen LogP contribution in [0.1, 0.15) is 51.6 Å². The summed E-state index contributed by atoms with van der Waals surface area (Å²) in [5.74, 6) is 0.859. The minimum absolute atomic E-state index is 0.0823. The molecule has 0 radical (unpaired) electrons. The van der Waals surface area contributed by atoms with Gasteiger partial charge in [0.25, 0.3) is 0 Å². The molecule has 1 aliphatic carbocycles. The van der Waals surface area contributed by atoms with E-state index in [4.69, 9.17) is 0 Å². The fraction of sp³-hybridized carbons (Fsp3) is 0.682. The lowest BCUT2D eigenvalue weighted by Gasteiger charge is -2.41. The molecule has 1 aliphatic heterocycles. The number of hydrogen-bond donors (Lipinski definition) is 1. The zero-order valence-corrected chi connectivity index (χ0v) is 17.3. The molecule has 1 N–H and O–H groups in total. The monoisotopic (exact) mass is 386 g/mol. The molecule has 6 nitrogen and oxygen atoms in total. The van der Waals surface area contributed by atoms with Gasteiger partial charge in [0.1, 0.15) is 0 Å². The number of nitrogens with zero attached hydrogens (tertiary/aromatic N) is 3. The summed E-state index contributed by atoms with van der Waals surface area (Å²) in [6.45, 7) is 7.53. The molecule has 6 heteroatoms. The number of pyridine rings is 1. The quantitative estimate of drug-likeness (QED) is 0.782. The molecule has 0 bridgehead atoms. The van der Waals surface area contributed by atoms with E-state index in [1.54, 1.807) is 6.20 Å². The van der Waals surface area contributed by atoms with Crippen LogP contribution in [0.2, 0.25) is 0 Å². The van der Waals surface area contributed by atoms with Crippen molar-refractivity contribution >= 4 is 11.8 Å². The van der Waals surface area contributed by atoms with Gasteiger partial charge in [-0.3, -0.25) is 19.5 Å². The lowest BCUT2D eigenvalue weighted by atomic mass is 9.94. The van der Waals surface area contributed by atoms with Gasteiger partial charge in [0.05, 0.1) is 18.3 Å². The fourth-order valence-corrected chi connectivity index (χ4v) is 4.44. The average molecular weight is 387 g/mol. The molecule has 0 spiro atoms. The number of hydrogen-bond acceptors (Lipinski definition) is 4. The van der Waals surface area contributed by atoms with E-state index in [1.165, 1.54) is 12.8 Å². The topological polar surface area (TPSA) is 65.5 Å². The largest absolute Gasteiger partial charge is 0.349 e. The van der Waals surface area contributed by atoms with Gasteiger partial charge >= 0.3 is 0 Å². The van der Waals surface area contributed by atoms with Crippen LogP contribution in [0.5, 0.6) is 0 Å². The van der Waals surface area contributed by atoms with Crippen LogP contribution in [0.4, 0.5) is 0 Å². The number of rotatable bonds is 7. The van der Waals surface area contributed by atoms with Crippen LogP contribution in [0.25, 0.3) is 0 Å². The van der Waals surface area contributed by atoms with E-state index < -0.39 is 0 Å². The van der Waals surface area contributed by atoms with E-state index in [2.05, 4.69) is 22.1 Å². The highest BCUT2D eigenvalue weighted by Crippen LogP contribution is 2.31. The average Bonchev–Trinajstić information content (AvgIpc) is 3.27. The van der Waals surface area contributed by atoms with Gasteiger partial charge in [-0.15, -0.1) is 0 Å². The molecule has 1 aromatic heterocycles. The maximum atomic E-state index is 13.1. The SMILES string of the molecule is CC[C@H](C)C(=O)N1CCN([C@@H](C(=O)NCc2ccccn2)C2CCCC2)CC1. The van der Waals surface area contributed by atoms with Gasteiger partial charge in [-0.2, -0.15) is 0 Å². The molecule has 2 heterocycles. The molecule has 1 aromatic rings. The van der Waals surface area contributed by atoms with Crippen LogP contribution in [0.15, 0.2) is 24.4 Å². The fourth-order valence-electron chi connectivity index (χ4n) is 4.44. The molecule has 1 saturated carbocycles. The number of aromatic nitrogens is 1. The highest BCUT2D eigenvalue weighted by molar-refractivity contribution is 5.82. The van der Waals surface area contributed by atoms with Crippen LogP contribution >= 0.6 is 0 Å². The summed E-state index contributed by atoms with van der Waals surface area (Å²) in [4.78, 5) is 34.2. The Balaban J connectivity index is 1.60. The second kappa shape index (κ2) is 10.0. The van der Waals surface area contributed by atoms with Gasteiger partial charge in [0.15, 0.2) is 0 Å². The molecule has 2 aliphatic rings. The lowest BCUT2D eigenvalue weighted by molar-refractivity contribution is -0.138. The first kappa shape index (κ1) is 20.8. The van der Waals surface area contributed by atoms with E-state index >= 15 is 0 Å². The number of carbonyl (C=O) groups is 2. The summed E-state index contributed by atoms with van der Waals surface area (Å²) in [6.07, 6.45) is 7.28. The third kappa shape index (κ3) is 5.10. The normalized spacial score (nSPS) is 20.7. The summed E-state index contributed by atoms with van der Waals surface area (Å²) in [5, 5.41) is 3.11. The van der Waals surface area contributed by atoms with Gasteiger partial charge in [-0.05, 0) is 37.3 Å². The summed E-state index contributed by atoms with van der Waals surface area (Å²) in [5.41, 5.74) is 0.880. The lowest BCUT2D eigenvalue weighted by Crippen LogP contribution is -2.58. The standard InChI is InChI=1S/C22H34N4O2/c1-3-17(2)22(28)26-14-12-25(13-15-26)20(18-8-4-5-9-18)21(27)24-16-19-10-6-7-11-23-19/h6-7,10-11,17-18,20H,3-5,8-9,12-16H2,1-2H3,(H,24,27)/t17-,20+/m0/s1. The second-order valence-electron chi connectivity index (χ2n) is 8.20. The maximum absolute atomic E-state index is 13.1. The summed E-state index contributed by atoms with van der Waals surface area (Å²) in [7, 11) is 0. The minimum Gasteiger partial charge on any atom is -0.349 e. The molecule has 2 fully saturated rings. The molecule has 3 rings (SSSR count). The third-order valence-corrected chi connectivity index (χ3v) is 6.34. The van der Waals surface area contributed by atoms with Gasteiger partial charge < -0.3 is 10.2 Å². The second-order valence-corrected chi connectivity index (χ2v) is 8.20. The van der Waals surface area contributed by atoms with Crippen LogP contribution < -0.4 is 5.32 Å². The summed E-state index contributed by atoms with van der Waals surface area (Å²) < 4.78 is 0. The molecule has 154 valence electrons. The summed E-state index contributed by atoms with van der Waals surface area (Å²) >= 11 is 0. The number of amides is 2. The minimum atomic E-state index is -0.0907. The van der Waals surface area contributed by atoms with Gasteiger partial charge in [-0.25, -0.2) is 0 Å². The van der Waals surface area contributed by atoms with Crippen LogP contribution in [-0.4, -0.2) is 58.8 Å². The van der Waals surface area contributed by atoms with Gasteiger partial charge in [-0.1, -0.05) is 32.8 Å². The molecule has 1 saturated heterocycles. The van der Waals surface area contributed by atoms with Crippen LogP contribution in [-0.2, 0) is 16.1 Å². The molecular weight excluding hydrogens is 352 g/mol. The van der Waals surface area contributed by atoms with E-state index in [9.17, 15) is 9.59 Å². The van der Waals surface area contributed by atoms with E-state index in [0.717, 1.165) is 51.1 Å². The van der Waals surface area contributed by atoms with Crippen molar-refractivity contribution in [1.82, 2.24) is 20.1 Å². The van der Waals surface area contributed by atoms with E-state index in [1.807, 2.05) is 30.0 Å². The Labute approximate surface area is 168 Å². The number of piperazine rings is 1. The van der Waals surface area contributed by atoms with Crippen LogP contribution in [0.3, 0.4) is 0 Å². The van der Waals surface area contributed by atoms with Crippen molar-refractivity contribution in [1.29, 1.82) is 0 Å². The first-order chi connectivity index (χ1) is 13.6. The Kier molecular flexibility index (Phi) is 7.43. The Morgan fingerprint density at radius 2 is 1.89 bits per heavy atom. The highest BCUT2D eigenvalue weighted by Gasteiger charge is 2.37. The van der Waals surface area contributed by atoms with E-state index in [0.29, 0.717) is 12.5 Å². The Morgan fingerprint density at radius 1 is 1.18 bits per heavy atom. The Morgan fingerprint density at radius 3 is 2.50 bits per heavy atom. The smallest absolute Gasteiger partial charge is 0.237 e. The van der Waals surface area contributed by atoms with Crippen molar-refractivity contribution in [3.63, 3.8) is 0 Å². The molecule has 2 amide bonds. The maximum Gasteiger partial charge on any atom is 0.237 e. The van der Waals surface area contributed by atoms with Crippen molar-refractivity contribution in [2.45, 2.75) is 58.5 Å². The summed E-state index contributed by atoms with van der Waals surface area (Å²) in [6, 6.07) is 5.67. The Bertz CT molecular complexity index is 637. The van der Waals surface area contributed by atoms with Crippen molar-refractivity contribution in [3.05, 3.63) is 30.1 Å². The molecule has 0 aromatic carbocycles. The van der Waals surface area contributed by atoms with Gasteiger partial charge in [0, 0.05) is 38.3 Å². The predicted octanol–water partition coefficient (Wildman–Crippen LogP) is 2.45. The first-order valence-corrected chi connectivity index (χ1v) is 10.8. The van der Waals surface area contributed by atoms with Crippen molar-refractivity contribution in [2.24, 2.45) is 11.8 Å². The number of nitrogens with one attached hydrogen (secondary N) is 1. The molecule has 28 heavy (non-hydrogen) atoms. The highest BCUT2D eigenvalue weighted by atomic mass is 16.2. The number of carbonyl (C=O) groups excluding carboxylic acids is 2. The Hall–Kier alpha value is -1.95. The van der Waals surface area contributed by atoms with E-state index in [-0.39, 0.29) is 23.8 Å². The van der Waals surface area contributed by atoms with Crippen molar-refractivity contribution < 1.29 is 9.59 Å². The zero-order valence-electron chi connectivity index (χ0n) is 17.3.